The summed E-state index contributed by atoms with van der Waals surface area (Å²) in [6.07, 6.45) is 1.15. The van der Waals surface area contributed by atoms with Gasteiger partial charge in [-0.25, -0.2) is 0 Å². The van der Waals surface area contributed by atoms with Crippen LogP contribution in [0, 0.1) is 5.92 Å². The van der Waals surface area contributed by atoms with E-state index >= 15 is 0 Å². The van der Waals surface area contributed by atoms with E-state index in [0.29, 0.717) is 17.1 Å². The minimum absolute atomic E-state index is 0.475. The molecule has 2 N–H and O–H groups in total. The first-order valence-electron chi connectivity index (χ1n) is 3.76. The second kappa shape index (κ2) is 2.54. The molecule has 3 heteroatoms. The van der Waals surface area contributed by atoms with Crippen molar-refractivity contribution in [2.75, 3.05) is 6.54 Å². The lowest BCUT2D eigenvalue weighted by molar-refractivity contribution is 0.505. The molecule has 1 aromatic heterocycles. The van der Waals surface area contributed by atoms with E-state index in [1.54, 1.807) is 6.07 Å². The molecule has 0 unspecified atom stereocenters. The van der Waals surface area contributed by atoms with Crippen LogP contribution in [0.15, 0.2) is 16.5 Å². The Balaban J connectivity index is 2.08. The summed E-state index contributed by atoms with van der Waals surface area (Å²) in [6, 6.07) is 3.71. The van der Waals surface area contributed by atoms with Gasteiger partial charge in [0.1, 0.15) is 5.76 Å². The number of furan rings is 1. The van der Waals surface area contributed by atoms with Gasteiger partial charge in [0.25, 0.3) is 0 Å². The van der Waals surface area contributed by atoms with E-state index in [1.807, 2.05) is 6.07 Å². The summed E-state index contributed by atoms with van der Waals surface area (Å²) in [5.74, 6) is 2.15. The van der Waals surface area contributed by atoms with Crippen molar-refractivity contribution in [1.29, 1.82) is 0 Å². The van der Waals surface area contributed by atoms with Crippen molar-refractivity contribution in [3.63, 3.8) is 0 Å². The molecule has 0 radical (unpaired) electrons. The zero-order valence-electron chi connectivity index (χ0n) is 6.09. The van der Waals surface area contributed by atoms with Crippen molar-refractivity contribution in [1.82, 2.24) is 0 Å². The Morgan fingerprint density at radius 2 is 2.45 bits per heavy atom. The highest BCUT2D eigenvalue weighted by Crippen LogP contribution is 2.47. The topological polar surface area (TPSA) is 39.2 Å². The average Bonchev–Trinajstić information content (AvgIpc) is 2.68. The van der Waals surface area contributed by atoms with Crippen LogP contribution in [-0.2, 0) is 0 Å². The largest absolute Gasteiger partial charge is 0.449 e. The summed E-state index contributed by atoms with van der Waals surface area (Å²) in [7, 11) is 0. The fraction of sp³-hybridized carbons (Fsp3) is 0.500. The lowest BCUT2D eigenvalue weighted by Gasteiger charge is -1.90. The molecule has 1 aliphatic carbocycles. The maximum absolute atomic E-state index is 5.63. The predicted molar refractivity (Wildman–Crippen MR) is 43.6 cm³/mol. The maximum atomic E-state index is 5.63. The fourth-order valence-electron chi connectivity index (χ4n) is 1.38. The van der Waals surface area contributed by atoms with Crippen LogP contribution in [0.1, 0.15) is 18.1 Å². The molecule has 1 aliphatic rings. The molecular formula is C8H10ClNO. The highest BCUT2D eigenvalue weighted by atomic mass is 35.5. The predicted octanol–water partition coefficient (Wildman–Crippen LogP) is 2.00. The molecule has 0 bridgehead atoms. The fourth-order valence-corrected chi connectivity index (χ4v) is 1.54. The van der Waals surface area contributed by atoms with Crippen LogP contribution in [0.2, 0.25) is 5.22 Å². The number of hydrogen-bond donors (Lipinski definition) is 1. The van der Waals surface area contributed by atoms with E-state index in [0.717, 1.165) is 18.7 Å². The highest BCUT2D eigenvalue weighted by molar-refractivity contribution is 6.28. The average molecular weight is 172 g/mol. The number of halogens is 1. The molecule has 0 spiro atoms. The Hall–Kier alpha value is -0.470. The first-order chi connectivity index (χ1) is 5.31. The van der Waals surface area contributed by atoms with Crippen molar-refractivity contribution in [3.8, 4) is 0 Å². The summed E-state index contributed by atoms with van der Waals surface area (Å²) in [4.78, 5) is 0. The number of hydrogen-bond acceptors (Lipinski definition) is 2. The zero-order valence-corrected chi connectivity index (χ0v) is 6.84. The van der Waals surface area contributed by atoms with Crippen LogP contribution in [0.4, 0.5) is 0 Å². The Bertz CT molecular complexity index is 258. The SMILES string of the molecule is NC[C@@H]1C[C@H]1c1ccc(Cl)o1. The third-order valence-electron chi connectivity index (χ3n) is 2.18. The van der Waals surface area contributed by atoms with Crippen LogP contribution in [0.3, 0.4) is 0 Å². The molecule has 0 saturated heterocycles. The van der Waals surface area contributed by atoms with Crippen LogP contribution in [0.5, 0.6) is 0 Å². The summed E-state index contributed by atoms with van der Waals surface area (Å²) >= 11 is 5.63. The molecule has 1 fully saturated rings. The Morgan fingerprint density at radius 1 is 1.64 bits per heavy atom. The quantitative estimate of drug-likeness (QED) is 0.739. The first kappa shape index (κ1) is 7.19. The van der Waals surface area contributed by atoms with Gasteiger partial charge in [-0.15, -0.1) is 0 Å². The van der Waals surface area contributed by atoms with Gasteiger partial charge >= 0.3 is 0 Å². The van der Waals surface area contributed by atoms with Crippen molar-refractivity contribution in [2.45, 2.75) is 12.3 Å². The van der Waals surface area contributed by atoms with E-state index in [2.05, 4.69) is 0 Å². The molecule has 1 heterocycles. The van der Waals surface area contributed by atoms with Gasteiger partial charge in [-0.2, -0.15) is 0 Å². The first-order valence-corrected chi connectivity index (χ1v) is 4.14. The van der Waals surface area contributed by atoms with Crippen molar-refractivity contribution < 1.29 is 4.42 Å². The van der Waals surface area contributed by atoms with Gasteiger partial charge in [-0.3, -0.25) is 0 Å². The van der Waals surface area contributed by atoms with E-state index in [9.17, 15) is 0 Å². The standard InChI is InChI=1S/C8H10ClNO/c9-8-2-1-7(11-8)6-3-5(6)4-10/h1-2,5-6H,3-4,10H2/t5-,6+/m0/s1. The molecule has 2 atom stereocenters. The second-order valence-electron chi connectivity index (χ2n) is 2.98. The van der Waals surface area contributed by atoms with E-state index in [-0.39, 0.29) is 0 Å². The zero-order chi connectivity index (χ0) is 7.84. The molecule has 0 aromatic carbocycles. The smallest absolute Gasteiger partial charge is 0.193 e. The number of nitrogens with two attached hydrogens (primary N) is 1. The number of rotatable bonds is 2. The van der Waals surface area contributed by atoms with Gasteiger partial charge < -0.3 is 10.2 Å². The molecule has 0 aliphatic heterocycles. The summed E-state index contributed by atoms with van der Waals surface area (Å²) in [5.41, 5.74) is 5.49. The van der Waals surface area contributed by atoms with Gasteiger partial charge in [0, 0.05) is 5.92 Å². The molecule has 1 saturated carbocycles. The lowest BCUT2D eigenvalue weighted by Crippen LogP contribution is -2.01. The van der Waals surface area contributed by atoms with E-state index in [1.165, 1.54) is 0 Å². The third kappa shape index (κ3) is 1.28. The summed E-state index contributed by atoms with van der Waals surface area (Å²) in [6.45, 7) is 0.753. The van der Waals surface area contributed by atoms with Gasteiger partial charge in [0.15, 0.2) is 5.22 Å². The summed E-state index contributed by atoms with van der Waals surface area (Å²) < 4.78 is 5.25. The molecule has 11 heavy (non-hydrogen) atoms. The monoisotopic (exact) mass is 171 g/mol. The second-order valence-corrected chi connectivity index (χ2v) is 3.35. The van der Waals surface area contributed by atoms with Gasteiger partial charge in [0.2, 0.25) is 0 Å². The van der Waals surface area contributed by atoms with Gasteiger partial charge in [-0.05, 0) is 42.6 Å². The van der Waals surface area contributed by atoms with E-state index < -0.39 is 0 Å². The minimum Gasteiger partial charge on any atom is -0.449 e. The molecule has 2 rings (SSSR count). The molecule has 0 amide bonds. The van der Waals surface area contributed by atoms with Gasteiger partial charge in [-0.1, -0.05) is 0 Å². The van der Waals surface area contributed by atoms with Gasteiger partial charge in [0.05, 0.1) is 0 Å². The molecular weight excluding hydrogens is 162 g/mol. The van der Waals surface area contributed by atoms with Crippen LogP contribution in [-0.4, -0.2) is 6.54 Å². The third-order valence-corrected chi connectivity index (χ3v) is 2.39. The molecule has 2 nitrogen and oxygen atoms in total. The minimum atomic E-state index is 0.475. The Labute approximate surface area is 70.3 Å². The Kier molecular flexibility index (Phi) is 1.66. The molecule has 1 aromatic rings. The van der Waals surface area contributed by atoms with E-state index in [4.69, 9.17) is 21.8 Å². The summed E-state index contributed by atoms with van der Waals surface area (Å²) in [5, 5.41) is 0.475. The maximum Gasteiger partial charge on any atom is 0.193 e. The molecule has 60 valence electrons. The van der Waals surface area contributed by atoms with Crippen LogP contribution in [0.25, 0.3) is 0 Å². The van der Waals surface area contributed by atoms with Crippen molar-refractivity contribution >= 4 is 11.6 Å². The normalized spacial score (nSPS) is 28.9. The highest BCUT2D eigenvalue weighted by Gasteiger charge is 2.39. The van der Waals surface area contributed by atoms with Crippen molar-refractivity contribution in [2.24, 2.45) is 11.7 Å². The van der Waals surface area contributed by atoms with Crippen LogP contribution >= 0.6 is 11.6 Å². The Morgan fingerprint density at radius 3 is 2.91 bits per heavy atom. The van der Waals surface area contributed by atoms with Crippen molar-refractivity contribution in [3.05, 3.63) is 23.1 Å². The lowest BCUT2D eigenvalue weighted by atomic mass is 10.2. The van der Waals surface area contributed by atoms with Crippen LogP contribution < -0.4 is 5.73 Å².